The first-order chi connectivity index (χ1) is 14.4. The Balaban J connectivity index is 1.18. The van der Waals surface area contributed by atoms with E-state index in [1.54, 1.807) is 4.90 Å². The van der Waals surface area contributed by atoms with Gasteiger partial charge in [-0.05, 0) is 49.3 Å². The Hall–Kier alpha value is -2.78. The van der Waals surface area contributed by atoms with Crippen LogP contribution in [-0.4, -0.2) is 40.5 Å². The van der Waals surface area contributed by atoms with Gasteiger partial charge in [-0.1, -0.05) is 17.3 Å². The number of rotatable bonds is 7. The smallest absolute Gasteiger partial charge is 0.406 e. The van der Waals surface area contributed by atoms with Crippen LogP contribution >= 0.6 is 0 Å². The Bertz CT molecular complexity index is 865. The van der Waals surface area contributed by atoms with Crippen molar-refractivity contribution in [1.82, 2.24) is 20.4 Å². The minimum absolute atomic E-state index is 0.177. The molecule has 0 radical (unpaired) electrons. The van der Waals surface area contributed by atoms with E-state index in [1.165, 1.54) is 24.3 Å². The minimum atomic E-state index is -4.72. The van der Waals surface area contributed by atoms with Crippen LogP contribution in [0.5, 0.6) is 5.75 Å². The topological polar surface area (TPSA) is 80.5 Å². The van der Waals surface area contributed by atoms with E-state index in [2.05, 4.69) is 20.2 Å². The zero-order chi connectivity index (χ0) is 21.1. The molecule has 2 fully saturated rings. The Morgan fingerprint density at radius 1 is 1.23 bits per heavy atom. The van der Waals surface area contributed by atoms with Crippen LogP contribution in [0.25, 0.3) is 0 Å². The summed E-state index contributed by atoms with van der Waals surface area (Å²) in [7, 11) is 0. The molecule has 10 heteroatoms. The molecule has 1 saturated heterocycles. The Morgan fingerprint density at radius 3 is 2.70 bits per heavy atom. The SMILES string of the molecule is O=C(NCc1ccc(OC(F)(F)F)cc1)N1CCC(CCc2noc(C3CC3)n2)C1. The number of likely N-dealkylation sites (tertiary alicyclic amines) is 1. The lowest BCUT2D eigenvalue weighted by Gasteiger charge is -2.17. The summed E-state index contributed by atoms with van der Waals surface area (Å²) < 4.78 is 45.7. The van der Waals surface area contributed by atoms with E-state index >= 15 is 0 Å². The lowest BCUT2D eigenvalue weighted by atomic mass is 10.0. The molecule has 1 aliphatic heterocycles. The standard InChI is InChI=1S/C20H23F3N4O3/c21-20(22,23)29-16-6-1-13(2-7-16)11-24-19(28)27-10-9-14(12-27)3-8-17-25-18(30-26-17)15-4-5-15/h1-2,6-7,14-15H,3-5,8-12H2,(H,24,28). The second-order valence-corrected chi connectivity index (χ2v) is 7.81. The lowest BCUT2D eigenvalue weighted by molar-refractivity contribution is -0.274. The number of nitrogens with one attached hydrogen (secondary N) is 1. The number of ether oxygens (including phenoxy) is 1. The molecule has 0 spiro atoms. The number of alkyl halides is 3. The summed E-state index contributed by atoms with van der Waals surface area (Å²) in [6.07, 6.45) is 0.0892. The molecule has 1 aliphatic carbocycles. The van der Waals surface area contributed by atoms with Gasteiger partial charge in [0.2, 0.25) is 5.89 Å². The number of carbonyl (C=O) groups excluding carboxylic acids is 1. The highest BCUT2D eigenvalue weighted by Crippen LogP contribution is 2.39. The van der Waals surface area contributed by atoms with Gasteiger partial charge in [0.25, 0.3) is 0 Å². The van der Waals surface area contributed by atoms with Crippen molar-refractivity contribution in [1.29, 1.82) is 0 Å². The van der Waals surface area contributed by atoms with E-state index in [9.17, 15) is 18.0 Å². The molecule has 1 unspecified atom stereocenters. The van der Waals surface area contributed by atoms with Crippen molar-refractivity contribution in [2.24, 2.45) is 5.92 Å². The van der Waals surface area contributed by atoms with Crippen molar-refractivity contribution < 1.29 is 27.2 Å². The Kier molecular flexibility index (Phi) is 5.83. The molecule has 0 bridgehead atoms. The van der Waals surface area contributed by atoms with Gasteiger partial charge in [0.1, 0.15) is 5.75 Å². The third-order valence-electron chi connectivity index (χ3n) is 5.36. The monoisotopic (exact) mass is 424 g/mol. The van der Waals surface area contributed by atoms with Crippen LogP contribution < -0.4 is 10.1 Å². The zero-order valence-electron chi connectivity index (χ0n) is 16.3. The number of hydrogen-bond donors (Lipinski definition) is 1. The molecule has 162 valence electrons. The number of hydrogen-bond acceptors (Lipinski definition) is 5. The molecule has 1 aromatic heterocycles. The second-order valence-electron chi connectivity index (χ2n) is 7.81. The van der Waals surface area contributed by atoms with Crippen molar-refractivity contribution in [3.8, 4) is 5.75 Å². The van der Waals surface area contributed by atoms with Gasteiger partial charge in [0.15, 0.2) is 5.82 Å². The first-order valence-corrected chi connectivity index (χ1v) is 10.1. The third-order valence-corrected chi connectivity index (χ3v) is 5.36. The van der Waals surface area contributed by atoms with Gasteiger partial charge in [-0.25, -0.2) is 4.79 Å². The number of aryl methyl sites for hydroxylation is 1. The molecule has 2 aliphatic rings. The van der Waals surface area contributed by atoms with Gasteiger partial charge in [0, 0.05) is 32.0 Å². The summed E-state index contributed by atoms with van der Waals surface area (Å²) in [6, 6.07) is 5.27. The molecule has 2 amide bonds. The Labute approximate surface area is 171 Å². The third kappa shape index (κ3) is 5.64. The molecule has 30 heavy (non-hydrogen) atoms. The molecule has 4 rings (SSSR count). The van der Waals surface area contributed by atoms with Crippen LogP contribution in [-0.2, 0) is 13.0 Å². The molecule has 1 aromatic carbocycles. The summed E-state index contributed by atoms with van der Waals surface area (Å²) in [5, 5.41) is 6.84. The fourth-order valence-electron chi connectivity index (χ4n) is 3.55. The van der Waals surface area contributed by atoms with E-state index in [4.69, 9.17) is 4.52 Å². The average Bonchev–Trinajstić information content (AvgIpc) is 3.25. The van der Waals surface area contributed by atoms with Crippen LogP contribution in [0.15, 0.2) is 28.8 Å². The average molecular weight is 424 g/mol. The number of aromatic nitrogens is 2. The van der Waals surface area contributed by atoms with E-state index in [1.807, 2.05) is 0 Å². The number of benzene rings is 1. The molecular formula is C20H23F3N4O3. The quantitative estimate of drug-likeness (QED) is 0.727. The predicted molar refractivity (Wildman–Crippen MR) is 99.6 cm³/mol. The van der Waals surface area contributed by atoms with E-state index in [0.29, 0.717) is 30.5 Å². The highest BCUT2D eigenvalue weighted by atomic mass is 19.4. The maximum Gasteiger partial charge on any atom is 0.573 e. The van der Waals surface area contributed by atoms with Crippen molar-refractivity contribution in [3.05, 3.63) is 41.5 Å². The fraction of sp³-hybridized carbons (Fsp3) is 0.550. The molecule has 1 saturated carbocycles. The molecular weight excluding hydrogens is 401 g/mol. The van der Waals surface area contributed by atoms with Crippen LogP contribution in [0.2, 0.25) is 0 Å². The van der Waals surface area contributed by atoms with Crippen molar-refractivity contribution >= 4 is 6.03 Å². The lowest BCUT2D eigenvalue weighted by Crippen LogP contribution is -2.38. The summed E-state index contributed by atoms with van der Waals surface area (Å²) in [5.74, 6) is 2.03. The van der Waals surface area contributed by atoms with Gasteiger partial charge in [-0.15, -0.1) is 13.2 Å². The highest BCUT2D eigenvalue weighted by Gasteiger charge is 2.31. The number of urea groups is 1. The van der Waals surface area contributed by atoms with Gasteiger partial charge in [0.05, 0.1) is 0 Å². The first kappa shape index (κ1) is 20.5. The summed E-state index contributed by atoms with van der Waals surface area (Å²) in [4.78, 5) is 18.6. The fourth-order valence-corrected chi connectivity index (χ4v) is 3.55. The van der Waals surface area contributed by atoms with Crippen LogP contribution in [0.3, 0.4) is 0 Å². The van der Waals surface area contributed by atoms with Crippen LogP contribution in [0, 0.1) is 5.92 Å². The normalized spacial score (nSPS) is 19.2. The van der Waals surface area contributed by atoms with Crippen LogP contribution in [0.1, 0.15) is 48.9 Å². The molecule has 1 atom stereocenters. The van der Waals surface area contributed by atoms with Gasteiger partial charge in [-0.3, -0.25) is 0 Å². The van der Waals surface area contributed by atoms with Gasteiger partial charge < -0.3 is 19.5 Å². The van der Waals surface area contributed by atoms with Gasteiger partial charge >= 0.3 is 12.4 Å². The number of amides is 2. The summed E-state index contributed by atoms with van der Waals surface area (Å²) in [5.41, 5.74) is 0.692. The predicted octanol–water partition coefficient (Wildman–Crippen LogP) is 4.01. The van der Waals surface area contributed by atoms with Gasteiger partial charge in [-0.2, -0.15) is 4.98 Å². The summed E-state index contributed by atoms with van der Waals surface area (Å²) in [6.45, 7) is 1.57. The summed E-state index contributed by atoms with van der Waals surface area (Å²) >= 11 is 0. The molecule has 7 nitrogen and oxygen atoms in total. The first-order valence-electron chi connectivity index (χ1n) is 10.1. The molecule has 1 N–H and O–H groups in total. The van der Waals surface area contributed by atoms with Crippen molar-refractivity contribution in [2.45, 2.75) is 50.9 Å². The highest BCUT2D eigenvalue weighted by molar-refractivity contribution is 5.74. The van der Waals surface area contributed by atoms with Crippen LogP contribution in [0.4, 0.5) is 18.0 Å². The zero-order valence-corrected chi connectivity index (χ0v) is 16.3. The maximum absolute atomic E-state index is 12.4. The number of carbonyl (C=O) groups is 1. The minimum Gasteiger partial charge on any atom is -0.406 e. The Morgan fingerprint density at radius 2 is 2.00 bits per heavy atom. The number of halogens is 3. The second kappa shape index (κ2) is 8.53. The van der Waals surface area contributed by atoms with E-state index in [0.717, 1.165) is 43.8 Å². The molecule has 2 aromatic rings. The largest absolute Gasteiger partial charge is 0.573 e. The molecule has 2 heterocycles. The number of nitrogens with zero attached hydrogens (tertiary/aromatic N) is 3. The van der Waals surface area contributed by atoms with E-state index < -0.39 is 6.36 Å². The van der Waals surface area contributed by atoms with Crippen molar-refractivity contribution in [2.75, 3.05) is 13.1 Å². The maximum atomic E-state index is 12.4. The van der Waals surface area contributed by atoms with Crippen molar-refractivity contribution in [3.63, 3.8) is 0 Å². The van der Waals surface area contributed by atoms with E-state index in [-0.39, 0.29) is 18.3 Å².